The average molecular weight is 394 g/mol. The second-order valence-electron chi connectivity index (χ2n) is 7.01. The first-order valence-electron chi connectivity index (χ1n) is 9.31. The lowest BCUT2D eigenvalue weighted by atomic mass is 10.0. The van der Waals surface area contributed by atoms with Crippen molar-refractivity contribution >= 4 is 5.69 Å². The van der Waals surface area contributed by atoms with E-state index >= 15 is 0 Å². The van der Waals surface area contributed by atoms with Crippen molar-refractivity contribution in [2.75, 3.05) is 44.7 Å². The predicted octanol–water partition coefficient (Wildman–Crippen LogP) is 3.44. The zero-order valence-electron chi connectivity index (χ0n) is 15.8. The Kier molecular flexibility index (Phi) is 6.46. The molecule has 0 aliphatic carbocycles. The smallest absolute Gasteiger partial charge is 0.416 e. The molecule has 1 N–H and O–H groups in total. The first-order valence-corrected chi connectivity index (χ1v) is 9.31. The standard InChI is InChI=1S/C21H25F3N2O2/c1-28-20-5-3-2-4-19(20)26-12-10-25(11-13-26)15-18(27)14-16-6-8-17(9-7-16)21(22,23)24/h2-9,18,27H,10-15H2,1H3/t18-/m0/s1. The lowest BCUT2D eigenvalue weighted by Crippen LogP contribution is -2.48. The number of halogens is 3. The van der Waals surface area contributed by atoms with Crippen LogP contribution in [0.4, 0.5) is 18.9 Å². The number of para-hydroxylation sites is 2. The van der Waals surface area contributed by atoms with E-state index in [4.69, 9.17) is 4.74 Å². The van der Waals surface area contributed by atoms with Gasteiger partial charge in [0.15, 0.2) is 0 Å². The molecule has 1 aliphatic rings. The van der Waals surface area contributed by atoms with Crippen LogP contribution in [0.1, 0.15) is 11.1 Å². The number of hydrogen-bond acceptors (Lipinski definition) is 4. The number of methoxy groups -OCH3 is 1. The zero-order valence-corrected chi connectivity index (χ0v) is 15.8. The molecule has 0 saturated carbocycles. The highest BCUT2D eigenvalue weighted by Gasteiger charge is 2.30. The number of aliphatic hydroxyl groups is 1. The highest BCUT2D eigenvalue weighted by Crippen LogP contribution is 2.30. The third kappa shape index (κ3) is 5.17. The van der Waals surface area contributed by atoms with Gasteiger partial charge < -0.3 is 14.7 Å². The van der Waals surface area contributed by atoms with Gasteiger partial charge >= 0.3 is 6.18 Å². The highest BCUT2D eigenvalue weighted by molar-refractivity contribution is 5.58. The Balaban J connectivity index is 1.49. The van der Waals surface area contributed by atoms with Gasteiger partial charge in [0.2, 0.25) is 0 Å². The van der Waals surface area contributed by atoms with Crippen LogP contribution in [0.3, 0.4) is 0 Å². The van der Waals surface area contributed by atoms with E-state index in [0.717, 1.165) is 49.7 Å². The molecule has 1 saturated heterocycles. The van der Waals surface area contributed by atoms with Crippen molar-refractivity contribution in [2.45, 2.75) is 18.7 Å². The minimum absolute atomic E-state index is 0.338. The molecule has 2 aromatic carbocycles. The summed E-state index contributed by atoms with van der Waals surface area (Å²) in [6.07, 6.45) is -4.61. The summed E-state index contributed by atoms with van der Waals surface area (Å²) in [5.74, 6) is 0.846. The number of nitrogens with zero attached hydrogens (tertiary/aromatic N) is 2. The summed E-state index contributed by atoms with van der Waals surface area (Å²) in [5, 5.41) is 10.4. The van der Waals surface area contributed by atoms with Gasteiger partial charge in [0.05, 0.1) is 24.5 Å². The maximum absolute atomic E-state index is 12.6. The van der Waals surface area contributed by atoms with Crippen molar-refractivity contribution < 1.29 is 23.0 Å². The summed E-state index contributed by atoms with van der Waals surface area (Å²) in [6, 6.07) is 12.9. The van der Waals surface area contributed by atoms with Gasteiger partial charge in [-0.25, -0.2) is 0 Å². The molecule has 7 heteroatoms. The van der Waals surface area contributed by atoms with Gasteiger partial charge in [-0.1, -0.05) is 24.3 Å². The first-order chi connectivity index (χ1) is 13.4. The number of ether oxygens (including phenoxy) is 1. The van der Waals surface area contributed by atoms with Gasteiger partial charge in [0.1, 0.15) is 5.75 Å². The topological polar surface area (TPSA) is 35.9 Å². The number of piperazine rings is 1. The number of benzene rings is 2. The van der Waals surface area contributed by atoms with E-state index in [0.29, 0.717) is 18.5 Å². The number of aliphatic hydroxyl groups excluding tert-OH is 1. The van der Waals surface area contributed by atoms with Gasteiger partial charge in [-0.05, 0) is 36.2 Å². The van der Waals surface area contributed by atoms with Crippen LogP contribution in [0.2, 0.25) is 0 Å². The second kappa shape index (κ2) is 8.84. The van der Waals surface area contributed by atoms with E-state index in [9.17, 15) is 18.3 Å². The molecule has 1 heterocycles. The van der Waals surface area contributed by atoms with Gasteiger partial charge in [-0.15, -0.1) is 0 Å². The van der Waals surface area contributed by atoms with Gasteiger partial charge in [-0.2, -0.15) is 13.2 Å². The molecule has 4 nitrogen and oxygen atoms in total. The average Bonchev–Trinajstić information content (AvgIpc) is 2.68. The van der Waals surface area contributed by atoms with Crippen LogP contribution in [-0.2, 0) is 12.6 Å². The fourth-order valence-electron chi connectivity index (χ4n) is 3.53. The Morgan fingerprint density at radius 2 is 1.64 bits per heavy atom. The van der Waals surface area contributed by atoms with Crippen LogP contribution in [0.15, 0.2) is 48.5 Å². The molecule has 1 fully saturated rings. The monoisotopic (exact) mass is 394 g/mol. The van der Waals surface area contributed by atoms with Crippen LogP contribution in [0, 0.1) is 0 Å². The Morgan fingerprint density at radius 1 is 1.00 bits per heavy atom. The predicted molar refractivity (Wildman–Crippen MR) is 103 cm³/mol. The minimum Gasteiger partial charge on any atom is -0.495 e. The molecule has 0 spiro atoms. The molecule has 28 heavy (non-hydrogen) atoms. The van der Waals surface area contributed by atoms with E-state index in [-0.39, 0.29) is 0 Å². The summed E-state index contributed by atoms with van der Waals surface area (Å²) in [6.45, 7) is 3.77. The maximum Gasteiger partial charge on any atom is 0.416 e. The largest absolute Gasteiger partial charge is 0.495 e. The lowest BCUT2D eigenvalue weighted by molar-refractivity contribution is -0.137. The SMILES string of the molecule is COc1ccccc1N1CCN(C[C@@H](O)Cc2ccc(C(F)(F)F)cc2)CC1. The highest BCUT2D eigenvalue weighted by atomic mass is 19.4. The Bertz CT molecular complexity index is 757. The zero-order chi connectivity index (χ0) is 20.1. The molecule has 0 bridgehead atoms. The summed E-state index contributed by atoms with van der Waals surface area (Å²) >= 11 is 0. The van der Waals surface area contributed by atoms with Crippen LogP contribution >= 0.6 is 0 Å². The van der Waals surface area contributed by atoms with Crippen molar-refractivity contribution in [3.63, 3.8) is 0 Å². The number of β-amino-alcohol motifs (C(OH)–C–C–N with tert-alkyl or cyclic N) is 1. The fourth-order valence-corrected chi connectivity index (χ4v) is 3.53. The summed E-state index contributed by atoms with van der Waals surface area (Å²) in [5.41, 5.74) is 1.10. The van der Waals surface area contributed by atoms with Gasteiger partial charge in [-0.3, -0.25) is 4.90 Å². The number of hydrogen-bond donors (Lipinski definition) is 1. The Morgan fingerprint density at radius 3 is 2.25 bits per heavy atom. The van der Waals surface area contributed by atoms with Crippen LogP contribution in [-0.4, -0.2) is 55.9 Å². The number of anilines is 1. The molecule has 0 aromatic heterocycles. The molecule has 0 unspecified atom stereocenters. The minimum atomic E-state index is -4.34. The molecule has 1 aliphatic heterocycles. The van der Waals surface area contributed by atoms with Crippen LogP contribution in [0.5, 0.6) is 5.75 Å². The molecular formula is C21H25F3N2O2. The van der Waals surface area contributed by atoms with Crippen molar-refractivity contribution in [3.05, 3.63) is 59.7 Å². The third-order valence-corrected chi connectivity index (χ3v) is 5.02. The Labute approximate surface area is 163 Å². The quantitative estimate of drug-likeness (QED) is 0.814. The van der Waals surface area contributed by atoms with Crippen molar-refractivity contribution in [3.8, 4) is 5.75 Å². The van der Waals surface area contributed by atoms with E-state index in [1.54, 1.807) is 7.11 Å². The second-order valence-corrected chi connectivity index (χ2v) is 7.01. The van der Waals surface area contributed by atoms with E-state index < -0.39 is 17.8 Å². The van der Waals surface area contributed by atoms with Crippen LogP contribution in [0.25, 0.3) is 0 Å². The van der Waals surface area contributed by atoms with E-state index in [1.165, 1.54) is 12.1 Å². The molecule has 3 rings (SSSR count). The molecule has 152 valence electrons. The van der Waals surface area contributed by atoms with E-state index in [2.05, 4.69) is 9.80 Å². The number of rotatable bonds is 6. The molecule has 0 radical (unpaired) electrons. The normalized spacial score (nSPS) is 16.8. The molecule has 0 amide bonds. The summed E-state index contributed by atoms with van der Waals surface area (Å²) < 4.78 is 43.3. The first kappa shape index (κ1) is 20.5. The van der Waals surface area contributed by atoms with Crippen molar-refractivity contribution in [1.29, 1.82) is 0 Å². The van der Waals surface area contributed by atoms with Gasteiger partial charge in [0, 0.05) is 32.7 Å². The van der Waals surface area contributed by atoms with E-state index in [1.807, 2.05) is 24.3 Å². The molecule has 2 aromatic rings. The maximum atomic E-state index is 12.6. The lowest BCUT2D eigenvalue weighted by Gasteiger charge is -2.37. The fraction of sp³-hybridized carbons (Fsp3) is 0.429. The summed E-state index contributed by atoms with van der Waals surface area (Å²) in [7, 11) is 1.66. The van der Waals surface area contributed by atoms with Crippen molar-refractivity contribution in [2.24, 2.45) is 0 Å². The van der Waals surface area contributed by atoms with Crippen LogP contribution < -0.4 is 9.64 Å². The summed E-state index contributed by atoms with van der Waals surface area (Å²) in [4.78, 5) is 4.44. The van der Waals surface area contributed by atoms with Gasteiger partial charge in [0.25, 0.3) is 0 Å². The van der Waals surface area contributed by atoms with Crippen molar-refractivity contribution in [1.82, 2.24) is 4.90 Å². The molecule has 1 atom stereocenters. The number of alkyl halides is 3. The molecular weight excluding hydrogens is 369 g/mol. The third-order valence-electron chi connectivity index (χ3n) is 5.02. The Hall–Kier alpha value is -2.25.